The molecule has 0 saturated carbocycles. The number of ketones is 5. The second-order valence-corrected chi connectivity index (χ2v) is 19.6. The molecule has 2 rings (SSSR count). The van der Waals surface area contributed by atoms with Crippen LogP contribution in [0.2, 0.25) is 0 Å². The zero-order valence-corrected chi connectivity index (χ0v) is 40.7. The molecule has 2 saturated heterocycles. The second-order valence-electron chi connectivity index (χ2n) is 19.6. The van der Waals surface area contributed by atoms with E-state index in [1.807, 2.05) is 34.6 Å². The molecule has 0 aromatic carbocycles. The maximum Gasteiger partial charge on any atom is 0.306 e. The molecule has 0 unspecified atom stereocenters. The molecule has 0 aromatic rings. The predicted molar refractivity (Wildman–Crippen MR) is 249 cm³/mol. The number of primary amides is 1. The molecule has 19 nitrogen and oxygen atoms in total. The Kier molecular flexibility index (Phi) is 25.9. The van der Waals surface area contributed by atoms with Gasteiger partial charge in [-0.05, 0) is 89.1 Å². The number of rotatable bonds is 34. The maximum absolute atomic E-state index is 13.6. The van der Waals surface area contributed by atoms with Crippen LogP contribution in [0.5, 0.6) is 0 Å². The van der Waals surface area contributed by atoms with Crippen LogP contribution >= 0.6 is 0 Å². The Balaban J connectivity index is 1.98. The Bertz CT molecular complexity index is 1750. The molecule has 0 spiro atoms. The molecule has 2 aliphatic rings. The van der Waals surface area contributed by atoms with Crippen LogP contribution in [0.15, 0.2) is 0 Å². The first-order chi connectivity index (χ1) is 31.5. The van der Waals surface area contributed by atoms with Gasteiger partial charge in [-0.2, -0.15) is 0 Å². The highest BCUT2D eigenvalue weighted by Gasteiger charge is 2.37. The summed E-state index contributed by atoms with van der Waals surface area (Å²) in [5.74, 6) is -8.01. The second kappa shape index (κ2) is 29.8. The van der Waals surface area contributed by atoms with Crippen molar-refractivity contribution in [3.63, 3.8) is 0 Å². The number of carboxylic acid groups (broad SMARTS) is 1. The van der Waals surface area contributed by atoms with E-state index < -0.39 is 95.3 Å². The number of nitrogens with zero attached hydrogens (tertiary/aromatic N) is 1. The van der Waals surface area contributed by atoms with Gasteiger partial charge in [-0.1, -0.05) is 41.0 Å². The van der Waals surface area contributed by atoms with Gasteiger partial charge in [-0.3, -0.25) is 52.7 Å². The lowest BCUT2D eigenvalue weighted by molar-refractivity contribution is -0.145. The van der Waals surface area contributed by atoms with Crippen LogP contribution in [-0.2, 0) is 52.7 Å². The van der Waals surface area contributed by atoms with E-state index in [-0.39, 0.29) is 93.7 Å². The quantitative estimate of drug-likeness (QED) is 0.0455. The van der Waals surface area contributed by atoms with Crippen LogP contribution < -0.4 is 32.7 Å². The van der Waals surface area contributed by atoms with E-state index in [9.17, 15) is 57.8 Å². The van der Waals surface area contributed by atoms with Gasteiger partial charge < -0.3 is 42.7 Å². The van der Waals surface area contributed by atoms with Crippen molar-refractivity contribution in [3.05, 3.63) is 0 Å². The molecule has 0 radical (unpaired) electrons. The number of unbranched alkanes of at least 4 members (excludes halogenated alkanes) is 1. The van der Waals surface area contributed by atoms with Gasteiger partial charge in [0, 0.05) is 69.7 Å². The number of carbonyl (C=O) groups is 11. The average molecular weight is 946 g/mol. The van der Waals surface area contributed by atoms with Crippen molar-refractivity contribution >= 4 is 64.4 Å². The van der Waals surface area contributed by atoms with Gasteiger partial charge in [0.25, 0.3) is 0 Å². The standard InChI is InChI=1S/C48H79N7O12/c1-28(2)20-33(47(65)53-31(6)39(57)14-17-45(63)55-19-9-11-38(55)42(60)24-32(48(66)67)10-7-8-18-49)23-35(56)27-52-46(64)34(21-29(3)4)25-41(59)36(12-15-43(50)61)54-44(62)16-13-40(58)37-22-30(5)26-51-37/h28-34,36-38,51H,7-27,49H2,1-6H3,(H2,50,61)(H,52,64)(H,53,65)(H,54,62)(H,66,67)/t30-,31+,32-,33-,34-,36+,37+,38+/m1/s1. The summed E-state index contributed by atoms with van der Waals surface area (Å²) in [5, 5.41) is 20.7. The SMILES string of the molecule is CC(C)C[C@H](CC(=O)[C@H](CCC(N)=O)NC(=O)CCC(=O)[C@@H]1C[C@@H](C)CN1)C(=O)NCC(=O)C[C@@H](CC(C)C)C(=O)N[C@@H](C)C(=O)CCC(=O)N1CCC[C@H]1C(=O)C[C@@H](CCCCN)C(=O)O. The lowest BCUT2D eigenvalue weighted by atomic mass is 9.88. The summed E-state index contributed by atoms with van der Waals surface area (Å²) in [4.78, 5) is 144. The number of nitrogens with two attached hydrogens (primary N) is 2. The molecular formula is C48H79N7O12. The minimum absolute atomic E-state index is 0.0207. The van der Waals surface area contributed by atoms with E-state index in [0.717, 1.165) is 0 Å². The van der Waals surface area contributed by atoms with E-state index >= 15 is 0 Å². The number of hydrogen-bond acceptors (Lipinski definition) is 13. The van der Waals surface area contributed by atoms with Crippen molar-refractivity contribution in [2.75, 3.05) is 26.2 Å². The summed E-state index contributed by atoms with van der Waals surface area (Å²) in [7, 11) is 0. The number of Topliss-reactive ketones (excluding diaryl/α,β-unsaturated/α-hetero) is 5. The van der Waals surface area contributed by atoms with Crippen LogP contribution in [0.3, 0.4) is 0 Å². The molecule has 2 fully saturated rings. The third kappa shape index (κ3) is 21.7. The number of hydrogen-bond donors (Lipinski definition) is 7. The first-order valence-corrected chi connectivity index (χ1v) is 24.3. The molecule has 0 aliphatic carbocycles. The van der Waals surface area contributed by atoms with Crippen molar-refractivity contribution in [1.29, 1.82) is 0 Å². The Hall–Kier alpha value is -4.91. The van der Waals surface area contributed by atoms with Crippen molar-refractivity contribution < 1.29 is 57.8 Å². The number of likely N-dealkylation sites (tertiary alicyclic amines) is 1. The fourth-order valence-corrected chi connectivity index (χ4v) is 8.83. The molecule has 0 aromatic heterocycles. The number of nitrogens with one attached hydrogen (secondary N) is 4. The van der Waals surface area contributed by atoms with E-state index in [2.05, 4.69) is 21.3 Å². The molecule has 19 heteroatoms. The van der Waals surface area contributed by atoms with Crippen molar-refractivity contribution in [2.45, 2.75) is 175 Å². The topological polar surface area (TPSA) is 311 Å². The molecule has 67 heavy (non-hydrogen) atoms. The number of carbonyl (C=O) groups excluding carboxylic acids is 10. The van der Waals surface area contributed by atoms with Crippen LogP contribution in [-0.4, -0.2) is 125 Å². The maximum atomic E-state index is 13.6. The van der Waals surface area contributed by atoms with Crippen molar-refractivity contribution in [1.82, 2.24) is 26.2 Å². The molecule has 2 aliphatic heterocycles. The predicted octanol–water partition coefficient (Wildman–Crippen LogP) is 2.08. The van der Waals surface area contributed by atoms with E-state index in [1.165, 1.54) is 11.8 Å². The summed E-state index contributed by atoms with van der Waals surface area (Å²) in [6.45, 7) is 12.0. The van der Waals surface area contributed by atoms with Gasteiger partial charge in [-0.15, -0.1) is 0 Å². The number of aliphatic carboxylic acids is 1. The minimum atomic E-state index is -1.14. The lowest BCUT2D eigenvalue weighted by Gasteiger charge is -2.25. The summed E-state index contributed by atoms with van der Waals surface area (Å²) >= 11 is 0. The van der Waals surface area contributed by atoms with Gasteiger partial charge in [0.05, 0.1) is 36.6 Å². The van der Waals surface area contributed by atoms with Gasteiger partial charge in [-0.25, -0.2) is 0 Å². The summed E-state index contributed by atoms with van der Waals surface area (Å²) in [5.41, 5.74) is 10.9. The Morgan fingerprint density at radius 3 is 1.97 bits per heavy atom. The van der Waals surface area contributed by atoms with Crippen LogP contribution in [0.25, 0.3) is 0 Å². The average Bonchev–Trinajstić information content (AvgIpc) is 3.93. The third-order valence-electron chi connectivity index (χ3n) is 12.6. The smallest absolute Gasteiger partial charge is 0.306 e. The monoisotopic (exact) mass is 946 g/mol. The molecule has 0 bridgehead atoms. The fourth-order valence-electron chi connectivity index (χ4n) is 8.83. The number of amides is 5. The first kappa shape index (κ1) is 58.2. The van der Waals surface area contributed by atoms with Gasteiger partial charge in [0.15, 0.2) is 23.1 Å². The van der Waals surface area contributed by atoms with Gasteiger partial charge in [0.1, 0.15) is 5.78 Å². The molecule has 9 N–H and O–H groups in total. The Morgan fingerprint density at radius 2 is 1.39 bits per heavy atom. The Labute approximate surface area is 395 Å². The lowest BCUT2D eigenvalue weighted by Crippen LogP contribution is -2.45. The number of carboxylic acids is 1. The van der Waals surface area contributed by atoms with Crippen LogP contribution in [0, 0.1) is 35.5 Å². The van der Waals surface area contributed by atoms with Crippen LogP contribution in [0.4, 0.5) is 0 Å². The minimum Gasteiger partial charge on any atom is -0.481 e. The largest absolute Gasteiger partial charge is 0.481 e. The van der Waals surface area contributed by atoms with E-state index in [0.29, 0.717) is 70.5 Å². The highest BCUT2D eigenvalue weighted by atomic mass is 16.4. The molecular weight excluding hydrogens is 867 g/mol. The zero-order valence-electron chi connectivity index (χ0n) is 40.7. The highest BCUT2D eigenvalue weighted by molar-refractivity contribution is 5.97. The van der Waals surface area contributed by atoms with Gasteiger partial charge in [0.2, 0.25) is 29.5 Å². The molecule has 378 valence electrons. The van der Waals surface area contributed by atoms with E-state index in [4.69, 9.17) is 11.5 Å². The Morgan fingerprint density at radius 1 is 0.731 bits per heavy atom. The van der Waals surface area contributed by atoms with Crippen molar-refractivity contribution in [2.24, 2.45) is 47.0 Å². The summed E-state index contributed by atoms with van der Waals surface area (Å²) < 4.78 is 0. The first-order valence-electron chi connectivity index (χ1n) is 24.3. The third-order valence-corrected chi connectivity index (χ3v) is 12.6. The molecule has 5 amide bonds. The van der Waals surface area contributed by atoms with Crippen molar-refractivity contribution in [3.8, 4) is 0 Å². The fraction of sp³-hybridized carbons (Fsp3) is 0.771. The van der Waals surface area contributed by atoms with E-state index in [1.54, 1.807) is 0 Å². The molecule has 2 heterocycles. The van der Waals surface area contributed by atoms with Gasteiger partial charge >= 0.3 is 5.97 Å². The zero-order chi connectivity index (χ0) is 50.4. The summed E-state index contributed by atoms with van der Waals surface area (Å²) in [6.07, 6.45) is 2.06. The van der Waals surface area contributed by atoms with Crippen LogP contribution in [0.1, 0.15) is 151 Å². The summed E-state index contributed by atoms with van der Waals surface area (Å²) in [6, 6.07) is -3.22. The highest BCUT2D eigenvalue weighted by Crippen LogP contribution is 2.25. The normalized spacial score (nSPS) is 19.2. The molecule has 8 atom stereocenters.